The second-order valence-electron chi connectivity index (χ2n) is 5.58. The van der Waals surface area contributed by atoms with E-state index in [2.05, 4.69) is 31.1 Å². The molecule has 0 fully saturated rings. The summed E-state index contributed by atoms with van der Waals surface area (Å²) in [6.45, 7) is 5.12. The van der Waals surface area contributed by atoms with Crippen LogP contribution in [0.4, 0.5) is 5.69 Å². The maximum Gasteiger partial charge on any atom is 0.144 e. The highest BCUT2D eigenvalue weighted by Crippen LogP contribution is 2.33. The fourth-order valence-electron chi connectivity index (χ4n) is 2.71. The van der Waals surface area contributed by atoms with Crippen LogP contribution in [0.3, 0.4) is 0 Å². The Morgan fingerprint density at radius 1 is 1.36 bits per heavy atom. The van der Waals surface area contributed by atoms with Crippen molar-refractivity contribution < 1.29 is 4.74 Å². The van der Waals surface area contributed by atoms with E-state index in [0.29, 0.717) is 30.5 Å². The number of anilines is 1. The van der Waals surface area contributed by atoms with Crippen molar-refractivity contribution in [3.05, 3.63) is 52.9 Å². The number of nitrogens with zero attached hydrogens (tertiary/aromatic N) is 3. The van der Waals surface area contributed by atoms with Crippen molar-refractivity contribution in [2.24, 2.45) is 10.8 Å². The number of hydrazone groups is 1. The fraction of sp³-hybridized carbons (Fsp3) is 0.294. The lowest BCUT2D eigenvalue weighted by Gasteiger charge is -2.30. The third kappa shape index (κ3) is 2.28. The van der Waals surface area contributed by atoms with E-state index in [9.17, 15) is 5.26 Å². The van der Waals surface area contributed by atoms with E-state index in [4.69, 9.17) is 10.5 Å². The number of hydrogen-bond acceptors (Lipinski definition) is 5. The third-order valence-corrected chi connectivity index (χ3v) is 3.83. The van der Waals surface area contributed by atoms with Gasteiger partial charge in [-0.25, -0.2) is 5.01 Å². The molecular formula is C17H18N4O. The van der Waals surface area contributed by atoms with E-state index in [-0.39, 0.29) is 0 Å². The van der Waals surface area contributed by atoms with Crippen LogP contribution in [0.2, 0.25) is 0 Å². The Hall–Kier alpha value is -2.58. The number of rotatable bonds is 2. The first-order valence-electron chi connectivity index (χ1n) is 7.28. The standard InChI is InChI=1S/C17H18N4O/c1-11(2)12-5-3-4-6-16(12)21-17(19)14(9-18)13-7-8-22-10-15(13)20-21/h3-7,11H,8,10,19H2,1-2H3. The molecule has 0 saturated carbocycles. The van der Waals surface area contributed by atoms with Gasteiger partial charge in [0.25, 0.3) is 0 Å². The summed E-state index contributed by atoms with van der Waals surface area (Å²) in [5.74, 6) is 0.696. The monoisotopic (exact) mass is 294 g/mol. The highest BCUT2D eigenvalue weighted by molar-refractivity contribution is 6.08. The summed E-state index contributed by atoms with van der Waals surface area (Å²) in [7, 11) is 0. The molecule has 0 amide bonds. The lowest BCUT2D eigenvalue weighted by atomic mass is 9.97. The number of nitriles is 1. The number of ether oxygens (including phenoxy) is 1. The Morgan fingerprint density at radius 2 is 2.14 bits per heavy atom. The molecule has 112 valence electrons. The fourth-order valence-corrected chi connectivity index (χ4v) is 2.71. The number of para-hydroxylation sites is 1. The molecule has 22 heavy (non-hydrogen) atoms. The summed E-state index contributed by atoms with van der Waals surface area (Å²) in [6.07, 6.45) is 1.86. The molecule has 0 bridgehead atoms. The van der Waals surface area contributed by atoms with Crippen LogP contribution in [0, 0.1) is 11.3 Å². The molecule has 0 spiro atoms. The number of hydrogen-bond donors (Lipinski definition) is 1. The van der Waals surface area contributed by atoms with Gasteiger partial charge in [0.1, 0.15) is 17.5 Å². The van der Waals surface area contributed by atoms with Gasteiger partial charge in [0, 0.05) is 5.57 Å². The highest BCUT2D eigenvalue weighted by atomic mass is 16.5. The first-order chi connectivity index (χ1) is 10.6. The van der Waals surface area contributed by atoms with Crippen LogP contribution in [0.5, 0.6) is 0 Å². The van der Waals surface area contributed by atoms with E-state index in [0.717, 1.165) is 22.5 Å². The third-order valence-electron chi connectivity index (χ3n) is 3.83. The van der Waals surface area contributed by atoms with E-state index < -0.39 is 0 Å². The molecule has 5 heteroatoms. The number of benzene rings is 1. The first kappa shape index (κ1) is 14.4. The summed E-state index contributed by atoms with van der Waals surface area (Å²) >= 11 is 0. The van der Waals surface area contributed by atoms with Crippen molar-refractivity contribution >= 4 is 11.4 Å². The molecule has 5 nitrogen and oxygen atoms in total. The lowest BCUT2D eigenvalue weighted by molar-refractivity contribution is 0.199. The lowest BCUT2D eigenvalue weighted by Crippen LogP contribution is -2.35. The quantitative estimate of drug-likeness (QED) is 0.910. The van der Waals surface area contributed by atoms with Crippen molar-refractivity contribution in [2.45, 2.75) is 19.8 Å². The second-order valence-corrected chi connectivity index (χ2v) is 5.58. The van der Waals surface area contributed by atoms with Crippen LogP contribution in [0.1, 0.15) is 25.3 Å². The molecule has 1 aromatic carbocycles. The molecule has 3 rings (SSSR count). The van der Waals surface area contributed by atoms with Crippen LogP contribution < -0.4 is 10.7 Å². The Balaban J connectivity index is 2.16. The zero-order valence-corrected chi connectivity index (χ0v) is 12.7. The molecule has 2 N–H and O–H groups in total. The van der Waals surface area contributed by atoms with Gasteiger partial charge < -0.3 is 10.5 Å². The van der Waals surface area contributed by atoms with E-state index >= 15 is 0 Å². The van der Waals surface area contributed by atoms with Crippen LogP contribution >= 0.6 is 0 Å². The van der Waals surface area contributed by atoms with Crippen molar-refractivity contribution in [3.8, 4) is 6.07 Å². The summed E-state index contributed by atoms with van der Waals surface area (Å²) in [4.78, 5) is 0. The summed E-state index contributed by atoms with van der Waals surface area (Å²) < 4.78 is 5.42. The van der Waals surface area contributed by atoms with Crippen LogP contribution in [-0.4, -0.2) is 18.9 Å². The van der Waals surface area contributed by atoms with Gasteiger partial charge in [-0.05, 0) is 23.6 Å². The molecule has 0 radical (unpaired) electrons. The minimum atomic E-state index is 0.328. The van der Waals surface area contributed by atoms with Crippen molar-refractivity contribution in [3.63, 3.8) is 0 Å². The predicted octanol–water partition coefficient (Wildman–Crippen LogP) is 2.64. The Labute approximate surface area is 130 Å². The van der Waals surface area contributed by atoms with Crippen molar-refractivity contribution in [1.82, 2.24) is 0 Å². The molecule has 2 aliphatic rings. The van der Waals surface area contributed by atoms with Gasteiger partial charge in [0.2, 0.25) is 0 Å². The van der Waals surface area contributed by atoms with Gasteiger partial charge in [-0.15, -0.1) is 0 Å². The van der Waals surface area contributed by atoms with E-state index in [1.54, 1.807) is 5.01 Å². The normalized spacial score (nSPS) is 17.8. The molecule has 2 aliphatic heterocycles. The molecule has 1 aromatic rings. The molecule has 0 atom stereocenters. The molecule has 2 heterocycles. The van der Waals surface area contributed by atoms with Gasteiger partial charge in [-0.2, -0.15) is 10.4 Å². The van der Waals surface area contributed by atoms with Crippen molar-refractivity contribution in [2.75, 3.05) is 18.2 Å². The average Bonchev–Trinajstić information content (AvgIpc) is 2.54. The average molecular weight is 294 g/mol. The molecule has 0 aromatic heterocycles. The minimum Gasteiger partial charge on any atom is -0.383 e. The SMILES string of the molecule is CC(C)c1ccccc1N1N=C2COCC=C2C(C#N)=C1N. The Kier molecular flexibility index (Phi) is 3.70. The Bertz CT molecular complexity index is 737. The first-order valence-corrected chi connectivity index (χ1v) is 7.28. The topological polar surface area (TPSA) is 74.6 Å². The smallest absolute Gasteiger partial charge is 0.144 e. The molecule has 0 unspecified atom stereocenters. The van der Waals surface area contributed by atoms with Gasteiger partial charge in [0.05, 0.1) is 24.6 Å². The van der Waals surface area contributed by atoms with Gasteiger partial charge in [-0.3, -0.25) is 0 Å². The van der Waals surface area contributed by atoms with Gasteiger partial charge in [0.15, 0.2) is 0 Å². The zero-order valence-electron chi connectivity index (χ0n) is 12.7. The minimum absolute atomic E-state index is 0.328. The number of allylic oxidation sites excluding steroid dienone is 1. The Morgan fingerprint density at radius 3 is 2.86 bits per heavy atom. The van der Waals surface area contributed by atoms with Crippen LogP contribution in [-0.2, 0) is 4.74 Å². The largest absolute Gasteiger partial charge is 0.383 e. The molecule has 0 aliphatic carbocycles. The van der Waals surface area contributed by atoms with Gasteiger partial charge >= 0.3 is 0 Å². The van der Waals surface area contributed by atoms with E-state index in [1.165, 1.54) is 0 Å². The summed E-state index contributed by atoms with van der Waals surface area (Å²) in [5, 5.41) is 15.8. The van der Waals surface area contributed by atoms with Crippen LogP contribution in [0.15, 0.2) is 52.4 Å². The number of nitrogens with two attached hydrogens (primary N) is 1. The highest BCUT2D eigenvalue weighted by Gasteiger charge is 2.29. The molecule has 0 saturated heterocycles. The maximum atomic E-state index is 9.49. The van der Waals surface area contributed by atoms with Crippen molar-refractivity contribution in [1.29, 1.82) is 5.26 Å². The zero-order chi connectivity index (χ0) is 15.7. The van der Waals surface area contributed by atoms with E-state index in [1.807, 2.05) is 24.3 Å². The predicted molar refractivity (Wildman–Crippen MR) is 86.2 cm³/mol. The summed E-state index contributed by atoms with van der Waals surface area (Å²) in [5.41, 5.74) is 10.3. The number of fused-ring (bicyclic) bond motifs is 1. The summed E-state index contributed by atoms with van der Waals surface area (Å²) in [6, 6.07) is 10.2. The van der Waals surface area contributed by atoms with Crippen LogP contribution in [0.25, 0.3) is 0 Å². The second kappa shape index (κ2) is 5.66. The maximum absolute atomic E-state index is 9.49. The molecular weight excluding hydrogens is 276 g/mol. The van der Waals surface area contributed by atoms with Gasteiger partial charge in [-0.1, -0.05) is 32.0 Å².